The molecule has 138 valence electrons. The van der Waals surface area contributed by atoms with Crippen molar-refractivity contribution in [1.82, 2.24) is 19.7 Å². The van der Waals surface area contributed by atoms with E-state index < -0.39 is 5.60 Å². The number of amides is 2. The lowest BCUT2D eigenvalue weighted by atomic mass is 10.1. The van der Waals surface area contributed by atoms with Crippen molar-refractivity contribution in [3.63, 3.8) is 0 Å². The first-order valence-corrected chi connectivity index (χ1v) is 8.49. The maximum Gasteiger partial charge on any atom is 0.410 e. The molecule has 2 aromatic heterocycles. The number of hydrogen-bond donors (Lipinski definition) is 1. The molecule has 3 heterocycles. The molecule has 0 atom stereocenters. The topological polar surface area (TPSA) is 89.4 Å². The fourth-order valence-corrected chi connectivity index (χ4v) is 2.81. The van der Waals surface area contributed by atoms with Crippen LogP contribution in [0.25, 0.3) is 0 Å². The molecule has 1 aliphatic heterocycles. The summed E-state index contributed by atoms with van der Waals surface area (Å²) in [6.07, 6.45) is 1.81. The standard InChI is InChI=1S/C18H23N5O3/c1-18(2,3)26-17(25)23-10-8-13-12(11-23)15(22(4)21-13)20-16(24)14-7-5-6-9-19-14/h5-7,9H,8,10-11H2,1-4H3,(H,20,24). The Balaban J connectivity index is 1.80. The normalized spacial score (nSPS) is 13.9. The number of anilines is 1. The second-order valence-electron chi connectivity index (χ2n) is 7.22. The Morgan fingerprint density at radius 1 is 1.27 bits per heavy atom. The number of hydrogen-bond acceptors (Lipinski definition) is 5. The third kappa shape index (κ3) is 3.84. The summed E-state index contributed by atoms with van der Waals surface area (Å²) in [6, 6.07) is 5.15. The summed E-state index contributed by atoms with van der Waals surface area (Å²) in [7, 11) is 1.77. The molecule has 1 N–H and O–H groups in total. The summed E-state index contributed by atoms with van der Waals surface area (Å²) in [6.45, 7) is 6.39. The van der Waals surface area contributed by atoms with Gasteiger partial charge in [-0.15, -0.1) is 0 Å². The van der Waals surface area contributed by atoms with Crippen molar-refractivity contribution in [2.75, 3.05) is 11.9 Å². The summed E-state index contributed by atoms with van der Waals surface area (Å²) < 4.78 is 7.08. The Morgan fingerprint density at radius 3 is 2.69 bits per heavy atom. The van der Waals surface area contributed by atoms with Gasteiger partial charge in [0.1, 0.15) is 17.1 Å². The largest absolute Gasteiger partial charge is 0.444 e. The lowest BCUT2D eigenvalue weighted by Gasteiger charge is -2.29. The van der Waals surface area contributed by atoms with Crippen LogP contribution in [0.1, 0.15) is 42.5 Å². The Kier molecular flexibility index (Phi) is 4.67. The van der Waals surface area contributed by atoms with Crippen LogP contribution in [0.2, 0.25) is 0 Å². The van der Waals surface area contributed by atoms with Crippen LogP contribution in [-0.2, 0) is 24.8 Å². The maximum absolute atomic E-state index is 12.4. The van der Waals surface area contributed by atoms with E-state index in [0.29, 0.717) is 31.0 Å². The first kappa shape index (κ1) is 17.9. The number of nitrogens with zero attached hydrogens (tertiary/aromatic N) is 4. The molecule has 8 heteroatoms. The third-order valence-electron chi connectivity index (χ3n) is 3.98. The molecular formula is C18H23N5O3. The van der Waals surface area contributed by atoms with Crippen LogP contribution in [-0.4, -0.2) is 43.8 Å². The van der Waals surface area contributed by atoms with Gasteiger partial charge in [0.15, 0.2) is 0 Å². The van der Waals surface area contributed by atoms with Crippen LogP contribution in [0.3, 0.4) is 0 Å². The molecule has 0 fully saturated rings. The molecule has 0 spiro atoms. The molecule has 0 unspecified atom stereocenters. The predicted octanol–water partition coefficient (Wildman–Crippen LogP) is 2.36. The number of rotatable bonds is 2. The van der Waals surface area contributed by atoms with Crippen LogP contribution in [0.4, 0.5) is 10.6 Å². The minimum Gasteiger partial charge on any atom is -0.444 e. The van der Waals surface area contributed by atoms with Gasteiger partial charge in [0.05, 0.1) is 12.2 Å². The average Bonchev–Trinajstić information content (AvgIpc) is 2.89. The van der Waals surface area contributed by atoms with E-state index in [0.717, 1.165) is 11.3 Å². The molecule has 0 aromatic carbocycles. The van der Waals surface area contributed by atoms with E-state index >= 15 is 0 Å². The van der Waals surface area contributed by atoms with E-state index in [1.54, 1.807) is 41.0 Å². The average molecular weight is 357 g/mol. The molecule has 3 rings (SSSR count). The Morgan fingerprint density at radius 2 is 2.04 bits per heavy atom. The molecular weight excluding hydrogens is 334 g/mol. The van der Waals surface area contributed by atoms with Crippen LogP contribution >= 0.6 is 0 Å². The number of carbonyl (C=O) groups is 2. The minimum atomic E-state index is -0.553. The number of fused-ring (bicyclic) bond motifs is 1. The maximum atomic E-state index is 12.4. The molecule has 8 nitrogen and oxygen atoms in total. The molecule has 2 amide bonds. The second kappa shape index (κ2) is 6.78. The first-order valence-electron chi connectivity index (χ1n) is 8.49. The summed E-state index contributed by atoms with van der Waals surface area (Å²) in [5.74, 6) is 0.259. The Labute approximate surface area is 152 Å². The molecule has 1 aliphatic rings. The lowest BCUT2D eigenvalue weighted by molar-refractivity contribution is 0.0224. The van der Waals surface area contributed by atoms with E-state index in [2.05, 4.69) is 15.4 Å². The molecule has 0 aliphatic carbocycles. The minimum absolute atomic E-state index is 0.314. The molecule has 0 saturated carbocycles. The Bertz CT molecular complexity index is 823. The zero-order valence-corrected chi connectivity index (χ0v) is 15.4. The number of aromatic nitrogens is 3. The van der Waals surface area contributed by atoms with Crippen molar-refractivity contribution in [2.45, 2.75) is 39.3 Å². The van der Waals surface area contributed by atoms with E-state index in [1.807, 2.05) is 20.8 Å². The zero-order chi connectivity index (χ0) is 18.9. The summed E-state index contributed by atoms with van der Waals surface area (Å²) >= 11 is 0. The van der Waals surface area contributed by atoms with Gasteiger partial charge in [0.2, 0.25) is 0 Å². The van der Waals surface area contributed by atoms with Crippen LogP contribution < -0.4 is 5.32 Å². The van der Waals surface area contributed by atoms with Gasteiger partial charge in [0, 0.05) is 31.8 Å². The monoisotopic (exact) mass is 357 g/mol. The summed E-state index contributed by atoms with van der Waals surface area (Å²) in [5.41, 5.74) is 1.47. The van der Waals surface area contributed by atoms with E-state index in [-0.39, 0.29) is 12.0 Å². The predicted molar refractivity (Wildman–Crippen MR) is 95.7 cm³/mol. The summed E-state index contributed by atoms with van der Waals surface area (Å²) in [4.78, 5) is 30.5. The van der Waals surface area contributed by atoms with Gasteiger partial charge in [-0.2, -0.15) is 5.10 Å². The number of aryl methyl sites for hydroxylation is 1. The highest BCUT2D eigenvalue weighted by atomic mass is 16.6. The van der Waals surface area contributed by atoms with Gasteiger partial charge in [-0.1, -0.05) is 6.07 Å². The summed E-state index contributed by atoms with van der Waals surface area (Å²) in [5, 5.41) is 7.33. The number of ether oxygens (including phenoxy) is 1. The van der Waals surface area contributed by atoms with E-state index in [4.69, 9.17) is 4.74 Å². The van der Waals surface area contributed by atoms with Gasteiger partial charge in [-0.3, -0.25) is 14.5 Å². The lowest BCUT2D eigenvalue weighted by Crippen LogP contribution is -2.40. The smallest absolute Gasteiger partial charge is 0.410 e. The molecule has 0 bridgehead atoms. The fraction of sp³-hybridized carbons (Fsp3) is 0.444. The van der Waals surface area contributed by atoms with Gasteiger partial charge < -0.3 is 15.0 Å². The number of pyridine rings is 1. The van der Waals surface area contributed by atoms with Crippen LogP contribution in [0, 0.1) is 0 Å². The molecule has 26 heavy (non-hydrogen) atoms. The highest BCUT2D eigenvalue weighted by Gasteiger charge is 2.30. The third-order valence-corrected chi connectivity index (χ3v) is 3.98. The van der Waals surface area contributed by atoms with Gasteiger partial charge in [-0.25, -0.2) is 4.79 Å². The SMILES string of the molecule is Cn1nc2c(c1NC(=O)c1ccccn1)CN(C(=O)OC(C)(C)C)CC2. The van der Waals surface area contributed by atoms with E-state index in [1.165, 1.54) is 0 Å². The Hall–Kier alpha value is -2.90. The van der Waals surface area contributed by atoms with Crippen molar-refractivity contribution in [2.24, 2.45) is 7.05 Å². The number of carbonyl (C=O) groups excluding carboxylic acids is 2. The van der Waals surface area contributed by atoms with Gasteiger partial charge in [-0.05, 0) is 32.9 Å². The van der Waals surface area contributed by atoms with Gasteiger partial charge >= 0.3 is 6.09 Å². The highest BCUT2D eigenvalue weighted by Crippen LogP contribution is 2.27. The molecule has 2 aromatic rings. The molecule has 0 radical (unpaired) electrons. The van der Waals surface area contributed by atoms with E-state index in [9.17, 15) is 9.59 Å². The number of nitrogens with one attached hydrogen (secondary N) is 1. The van der Waals surface area contributed by atoms with Crippen molar-refractivity contribution < 1.29 is 14.3 Å². The molecule has 0 saturated heterocycles. The zero-order valence-electron chi connectivity index (χ0n) is 15.4. The van der Waals surface area contributed by atoms with Crippen LogP contribution in [0.15, 0.2) is 24.4 Å². The van der Waals surface area contributed by atoms with Crippen LogP contribution in [0.5, 0.6) is 0 Å². The van der Waals surface area contributed by atoms with Crippen molar-refractivity contribution in [1.29, 1.82) is 0 Å². The van der Waals surface area contributed by atoms with Crippen molar-refractivity contribution in [3.05, 3.63) is 41.3 Å². The first-order chi connectivity index (χ1) is 12.2. The van der Waals surface area contributed by atoms with Crippen molar-refractivity contribution >= 4 is 17.8 Å². The fourth-order valence-electron chi connectivity index (χ4n) is 2.81. The highest BCUT2D eigenvalue weighted by molar-refractivity contribution is 6.02. The second-order valence-corrected chi connectivity index (χ2v) is 7.22. The van der Waals surface area contributed by atoms with Crippen molar-refractivity contribution in [3.8, 4) is 0 Å². The van der Waals surface area contributed by atoms with Gasteiger partial charge in [0.25, 0.3) is 5.91 Å². The quantitative estimate of drug-likeness (QED) is 0.891.